The van der Waals surface area contributed by atoms with Crippen molar-refractivity contribution in [3.63, 3.8) is 0 Å². The molecule has 116 valence electrons. The predicted molar refractivity (Wildman–Crippen MR) is 83.6 cm³/mol. The topological polar surface area (TPSA) is 76.0 Å². The van der Waals surface area contributed by atoms with Crippen LogP contribution < -0.4 is 10.6 Å². The molecule has 0 fully saturated rings. The summed E-state index contributed by atoms with van der Waals surface area (Å²) in [6, 6.07) is 6.57. The number of aryl methyl sites for hydroxylation is 1. The molecule has 1 aromatic heterocycles. The summed E-state index contributed by atoms with van der Waals surface area (Å²) >= 11 is 5.81. The maximum Gasteiger partial charge on any atom is 0.251 e. The molecule has 6 nitrogen and oxygen atoms in total. The van der Waals surface area contributed by atoms with Crippen LogP contribution in [0.15, 0.2) is 43.0 Å². The molecule has 22 heavy (non-hydrogen) atoms. The van der Waals surface area contributed by atoms with E-state index in [1.54, 1.807) is 36.8 Å². The van der Waals surface area contributed by atoms with Gasteiger partial charge in [0.25, 0.3) is 5.91 Å². The molecule has 0 radical (unpaired) electrons. The molecule has 0 aliphatic heterocycles. The SMILES string of the molecule is O=C(CNC(=O)c1cccc(Cl)c1)NCCCn1ccnc1. The number of imidazole rings is 1. The van der Waals surface area contributed by atoms with Gasteiger partial charge >= 0.3 is 0 Å². The van der Waals surface area contributed by atoms with Gasteiger partial charge in [0, 0.05) is 36.1 Å². The van der Waals surface area contributed by atoms with Crippen LogP contribution in [0.25, 0.3) is 0 Å². The summed E-state index contributed by atoms with van der Waals surface area (Å²) in [6.45, 7) is 1.27. The van der Waals surface area contributed by atoms with Crippen molar-refractivity contribution in [2.24, 2.45) is 0 Å². The fourth-order valence-electron chi connectivity index (χ4n) is 1.86. The van der Waals surface area contributed by atoms with Crippen LogP contribution >= 0.6 is 11.6 Å². The first-order valence-corrected chi connectivity index (χ1v) is 7.29. The highest BCUT2D eigenvalue weighted by molar-refractivity contribution is 6.30. The summed E-state index contributed by atoms with van der Waals surface area (Å²) in [5.74, 6) is -0.544. The molecule has 2 N–H and O–H groups in total. The maximum absolute atomic E-state index is 11.8. The third kappa shape index (κ3) is 5.21. The number of halogens is 1. The molecule has 0 saturated carbocycles. The molecule has 2 amide bonds. The number of rotatable bonds is 7. The smallest absolute Gasteiger partial charge is 0.251 e. The summed E-state index contributed by atoms with van der Waals surface area (Å²) < 4.78 is 1.94. The lowest BCUT2D eigenvalue weighted by Gasteiger charge is -2.07. The second-order valence-corrected chi connectivity index (χ2v) is 5.13. The summed E-state index contributed by atoms with van der Waals surface area (Å²) in [5, 5.41) is 5.79. The quantitative estimate of drug-likeness (QED) is 0.759. The Morgan fingerprint density at radius 2 is 2.14 bits per heavy atom. The standard InChI is InChI=1S/C15H17ClN4O2/c16-13-4-1-3-12(9-13)15(22)19-10-14(21)18-5-2-7-20-8-6-17-11-20/h1,3-4,6,8-9,11H,2,5,7,10H2,(H,18,21)(H,19,22). The van der Waals surface area contributed by atoms with Crippen LogP contribution in [0, 0.1) is 0 Å². The Bertz CT molecular complexity index is 628. The predicted octanol–water partition coefficient (Wildman–Crippen LogP) is 1.47. The molecule has 2 aromatic rings. The average molecular weight is 321 g/mol. The molecule has 0 bridgehead atoms. The number of carbonyl (C=O) groups excluding carboxylic acids is 2. The zero-order chi connectivity index (χ0) is 15.8. The van der Waals surface area contributed by atoms with Crippen LogP contribution in [-0.2, 0) is 11.3 Å². The highest BCUT2D eigenvalue weighted by atomic mass is 35.5. The van der Waals surface area contributed by atoms with Gasteiger partial charge in [-0.2, -0.15) is 0 Å². The molecule has 1 aromatic carbocycles. The van der Waals surface area contributed by atoms with E-state index in [4.69, 9.17) is 11.6 Å². The molecule has 0 unspecified atom stereocenters. The van der Waals surface area contributed by atoms with Crippen molar-refractivity contribution in [2.45, 2.75) is 13.0 Å². The van der Waals surface area contributed by atoms with Gasteiger partial charge in [-0.3, -0.25) is 9.59 Å². The minimum atomic E-state index is -0.323. The molecule has 0 saturated heterocycles. The molecule has 0 atom stereocenters. The Balaban J connectivity index is 1.64. The van der Waals surface area contributed by atoms with E-state index in [1.807, 2.05) is 10.8 Å². The molecule has 1 heterocycles. The van der Waals surface area contributed by atoms with E-state index in [0.717, 1.165) is 13.0 Å². The van der Waals surface area contributed by atoms with Gasteiger partial charge in [0.15, 0.2) is 0 Å². The van der Waals surface area contributed by atoms with Crippen LogP contribution in [0.3, 0.4) is 0 Å². The third-order valence-corrected chi connectivity index (χ3v) is 3.21. The number of carbonyl (C=O) groups is 2. The Hall–Kier alpha value is -2.34. The summed E-state index contributed by atoms with van der Waals surface area (Å²) in [7, 11) is 0. The highest BCUT2D eigenvalue weighted by Crippen LogP contribution is 2.10. The van der Waals surface area contributed by atoms with E-state index >= 15 is 0 Å². The van der Waals surface area contributed by atoms with Crippen molar-refractivity contribution >= 4 is 23.4 Å². The van der Waals surface area contributed by atoms with E-state index in [1.165, 1.54) is 0 Å². The van der Waals surface area contributed by atoms with Crippen molar-refractivity contribution in [1.82, 2.24) is 20.2 Å². The highest BCUT2D eigenvalue weighted by Gasteiger charge is 2.07. The summed E-state index contributed by atoms with van der Waals surface area (Å²) in [4.78, 5) is 27.4. The molecular formula is C15H17ClN4O2. The van der Waals surface area contributed by atoms with Gasteiger partial charge in [-0.25, -0.2) is 4.98 Å². The zero-order valence-corrected chi connectivity index (χ0v) is 12.7. The monoisotopic (exact) mass is 320 g/mol. The largest absolute Gasteiger partial charge is 0.355 e. The lowest BCUT2D eigenvalue weighted by molar-refractivity contribution is -0.120. The number of hydrogen-bond acceptors (Lipinski definition) is 3. The van der Waals surface area contributed by atoms with Crippen LogP contribution in [0.2, 0.25) is 5.02 Å². The number of benzene rings is 1. The van der Waals surface area contributed by atoms with Gasteiger partial charge in [-0.1, -0.05) is 17.7 Å². The first-order valence-electron chi connectivity index (χ1n) is 6.91. The van der Waals surface area contributed by atoms with E-state index < -0.39 is 0 Å². The van der Waals surface area contributed by atoms with Crippen LogP contribution in [0.5, 0.6) is 0 Å². The van der Waals surface area contributed by atoms with Gasteiger partial charge in [0.1, 0.15) is 0 Å². The minimum Gasteiger partial charge on any atom is -0.355 e. The first kappa shape index (κ1) is 16.0. The van der Waals surface area contributed by atoms with E-state index in [0.29, 0.717) is 17.1 Å². The Labute approximate surface area is 133 Å². The fraction of sp³-hybridized carbons (Fsp3) is 0.267. The van der Waals surface area contributed by atoms with Gasteiger partial charge in [-0.15, -0.1) is 0 Å². The second-order valence-electron chi connectivity index (χ2n) is 4.70. The molecular weight excluding hydrogens is 304 g/mol. The zero-order valence-electron chi connectivity index (χ0n) is 12.0. The lowest BCUT2D eigenvalue weighted by Crippen LogP contribution is -2.37. The fourth-order valence-corrected chi connectivity index (χ4v) is 2.05. The molecule has 0 spiro atoms. The van der Waals surface area contributed by atoms with E-state index in [2.05, 4.69) is 15.6 Å². The normalized spacial score (nSPS) is 10.2. The number of hydrogen-bond donors (Lipinski definition) is 2. The first-order chi connectivity index (χ1) is 10.6. The van der Waals surface area contributed by atoms with Crippen molar-refractivity contribution in [3.05, 3.63) is 53.6 Å². The molecule has 0 aliphatic rings. The van der Waals surface area contributed by atoms with Crippen molar-refractivity contribution < 1.29 is 9.59 Å². The Kier molecular flexibility index (Phi) is 5.97. The number of aromatic nitrogens is 2. The van der Waals surface area contributed by atoms with Gasteiger partial charge < -0.3 is 15.2 Å². The average Bonchev–Trinajstić information content (AvgIpc) is 3.02. The number of nitrogens with zero attached hydrogens (tertiary/aromatic N) is 2. The van der Waals surface area contributed by atoms with E-state index in [9.17, 15) is 9.59 Å². The lowest BCUT2D eigenvalue weighted by atomic mass is 10.2. The van der Waals surface area contributed by atoms with Crippen LogP contribution in [0.1, 0.15) is 16.8 Å². The van der Waals surface area contributed by atoms with Gasteiger partial charge in [-0.05, 0) is 24.6 Å². The van der Waals surface area contributed by atoms with E-state index in [-0.39, 0.29) is 18.4 Å². The van der Waals surface area contributed by atoms with Gasteiger partial charge in [0.2, 0.25) is 5.91 Å². The van der Waals surface area contributed by atoms with Gasteiger partial charge in [0.05, 0.1) is 12.9 Å². The number of amides is 2. The van der Waals surface area contributed by atoms with Crippen LogP contribution in [-0.4, -0.2) is 34.5 Å². The van der Waals surface area contributed by atoms with Crippen molar-refractivity contribution in [3.8, 4) is 0 Å². The number of nitrogens with one attached hydrogen (secondary N) is 2. The third-order valence-electron chi connectivity index (χ3n) is 2.97. The maximum atomic E-state index is 11.8. The van der Waals surface area contributed by atoms with Crippen molar-refractivity contribution in [2.75, 3.05) is 13.1 Å². The molecule has 0 aliphatic carbocycles. The Morgan fingerprint density at radius 1 is 1.27 bits per heavy atom. The Morgan fingerprint density at radius 3 is 2.86 bits per heavy atom. The minimum absolute atomic E-state index is 0.0591. The van der Waals surface area contributed by atoms with Crippen molar-refractivity contribution in [1.29, 1.82) is 0 Å². The molecule has 7 heteroatoms. The summed E-state index contributed by atoms with van der Waals surface area (Å²) in [6.07, 6.45) is 6.11. The second kappa shape index (κ2) is 8.19. The van der Waals surface area contributed by atoms with Crippen LogP contribution in [0.4, 0.5) is 0 Å². The molecule has 2 rings (SSSR count). The summed E-state index contributed by atoms with van der Waals surface area (Å²) in [5.41, 5.74) is 0.431.